The Morgan fingerprint density at radius 1 is 1.07 bits per heavy atom. The van der Waals surface area contributed by atoms with Crippen molar-refractivity contribution in [3.8, 4) is 11.1 Å². The largest absolute Gasteiger partial charge is 0.462 e. The van der Waals surface area contributed by atoms with Crippen molar-refractivity contribution in [2.24, 2.45) is 0 Å². The molecule has 3 rings (SSSR count). The Labute approximate surface area is 181 Å². The first-order valence-corrected chi connectivity index (χ1v) is 10.8. The standard InChI is InChI=1S/C25H25NO3S/c1-4-29-25(28)23-21(20-8-6-5-7-9-20)16-30-24(23)26-22(27)15-12-18-10-13-19(14-11-18)17(2)3/h5-17H,4H2,1-3H3,(H,26,27)/b15-12+. The predicted octanol–water partition coefficient (Wildman–Crippen LogP) is 6.37. The van der Waals surface area contributed by atoms with Crippen molar-refractivity contribution >= 4 is 34.3 Å². The highest BCUT2D eigenvalue weighted by molar-refractivity contribution is 7.15. The molecule has 0 aliphatic heterocycles. The summed E-state index contributed by atoms with van der Waals surface area (Å²) in [6.07, 6.45) is 3.23. The molecular formula is C25H25NO3S. The molecule has 1 N–H and O–H groups in total. The smallest absolute Gasteiger partial charge is 0.341 e. The van der Waals surface area contributed by atoms with E-state index in [9.17, 15) is 9.59 Å². The Balaban J connectivity index is 1.80. The summed E-state index contributed by atoms with van der Waals surface area (Å²) in [7, 11) is 0. The highest BCUT2D eigenvalue weighted by Gasteiger charge is 2.22. The van der Waals surface area contributed by atoms with E-state index in [0.717, 1.165) is 16.7 Å². The number of carbonyl (C=O) groups is 2. The molecule has 0 aliphatic carbocycles. The van der Waals surface area contributed by atoms with Crippen molar-refractivity contribution in [1.29, 1.82) is 0 Å². The molecular weight excluding hydrogens is 394 g/mol. The van der Waals surface area contributed by atoms with Crippen LogP contribution in [-0.2, 0) is 9.53 Å². The van der Waals surface area contributed by atoms with Crippen molar-refractivity contribution in [2.75, 3.05) is 11.9 Å². The summed E-state index contributed by atoms with van der Waals surface area (Å²) in [6, 6.07) is 17.7. The number of benzene rings is 2. The highest BCUT2D eigenvalue weighted by atomic mass is 32.1. The van der Waals surface area contributed by atoms with Crippen LogP contribution >= 0.6 is 11.3 Å². The fourth-order valence-electron chi connectivity index (χ4n) is 3.00. The van der Waals surface area contributed by atoms with Crippen LogP contribution in [0.15, 0.2) is 66.1 Å². The van der Waals surface area contributed by atoms with Gasteiger partial charge in [-0.05, 0) is 35.6 Å². The third kappa shape index (κ3) is 5.24. The molecule has 2 aromatic carbocycles. The lowest BCUT2D eigenvalue weighted by atomic mass is 10.0. The van der Waals surface area contributed by atoms with Crippen LogP contribution in [0.3, 0.4) is 0 Å². The monoisotopic (exact) mass is 419 g/mol. The van der Waals surface area contributed by atoms with E-state index in [-0.39, 0.29) is 12.5 Å². The van der Waals surface area contributed by atoms with Crippen LogP contribution in [0.2, 0.25) is 0 Å². The number of carbonyl (C=O) groups excluding carboxylic acids is 2. The van der Waals surface area contributed by atoms with Gasteiger partial charge in [-0.2, -0.15) is 0 Å². The SMILES string of the molecule is CCOC(=O)c1c(-c2ccccc2)csc1NC(=O)/C=C/c1ccc(C(C)C)cc1. The molecule has 0 aliphatic rings. The van der Waals surface area contributed by atoms with Gasteiger partial charge < -0.3 is 10.1 Å². The van der Waals surface area contributed by atoms with Gasteiger partial charge >= 0.3 is 5.97 Å². The van der Waals surface area contributed by atoms with Crippen molar-refractivity contribution in [3.05, 3.63) is 82.7 Å². The lowest BCUT2D eigenvalue weighted by Gasteiger charge is -2.08. The molecule has 0 saturated heterocycles. The Kier molecular flexibility index (Phi) is 7.20. The number of hydrogen-bond acceptors (Lipinski definition) is 4. The van der Waals surface area contributed by atoms with Gasteiger partial charge in [-0.25, -0.2) is 4.79 Å². The Hall–Kier alpha value is -3.18. The minimum atomic E-state index is -0.443. The molecule has 30 heavy (non-hydrogen) atoms. The Bertz CT molecular complexity index is 1030. The maximum absolute atomic E-state index is 12.6. The van der Waals surface area contributed by atoms with Gasteiger partial charge in [0.15, 0.2) is 0 Å². The van der Waals surface area contributed by atoms with Crippen LogP contribution in [-0.4, -0.2) is 18.5 Å². The van der Waals surface area contributed by atoms with Crippen molar-refractivity contribution in [3.63, 3.8) is 0 Å². The van der Waals surface area contributed by atoms with Gasteiger partial charge in [-0.3, -0.25) is 4.79 Å². The molecule has 0 saturated carbocycles. The minimum absolute atomic E-state index is 0.266. The number of esters is 1. The number of nitrogens with one attached hydrogen (secondary N) is 1. The summed E-state index contributed by atoms with van der Waals surface area (Å²) in [6.45, 7) is 6.31. The van der Waals surface area contributed by atoms with Crippen LogP contribution in [0.1, 0.15) is 48.2 Å². The van der Waals surface area contributed by atoms with Crippen LogP contribution in [0, 0.1) is 0 Å². The van der Waals surface area contributed by atoms with E-state index >= 15 is 0 Å². The molecule has 0 atom stereocenters. The Morgan fingerprint density at radius 3 is 2.40 bits per heavy atom. The van der Waals surface area contributed by atoms with Gasteiger partial charge in [-0.15, -0.1) is 11.3 Å². The second kappa shape index (κ2) is 10.0. The van der Waals surface area contributed by atoms with Gasteiger partial charge in [0.05, 0.1) is 6.61 Å². The number of thiophene rings is 1. The number of ether oxygens (including phenoxy) is 1. The zero-order valence-electron chi connectivity index (χ0n) is 17.3. The molecule has 0 spiro atoms. The highest BCUT2D eigenvalue weighted by Crippen LogP contribution is 2.36. The van der Waals surface area contributed by atoms with Crippen molar-refractivity contribution in [2.45, 2.75) is 26.7 Å². The maximum Gasteiger partial charge on any atom is 0.341 e. The molecule has 0 bridgehead atoms. The average Bonchev–Trinajstić information content (AvgIpc) is 3.17. The summed E-state index contributed by atoms with van der Waals surface area (Å²) < 4.78 is 5.23. The molecule has 3 aromatic rings. The first-order valence-electron chi connectivity index (χ1n) is 9.92. The van der Waals surface area contributed by atoms with E-state index in [1.54, 1.807) is 13.0 Å². The molecule has 4 nitrogen and oxygen atoms in total. The third-order valence-electron chi connectivity index (χ3n) is 4.62. The number of rotatable bonds is 7. The maximum atomic E-state index is 12.6. The third-order valence-corrected chi connectivity index (χ3v) is 5.52. The van der Waals surface area contributed by atoms with Gasteiger partial charge in [-0.1, -0.05) is 68.4 Å². The van der Waals surface area contributed by atoms with Crippen LogP contribution < -0.4 is 5.32 Å². The first kappa shape index (κ1) is 21.5. The summed E-state index contributed by atoms with van der Waals surface area (Å²) in [5.41, 5.74) is 4.23. The molecule has 1 amide bonds. The quantitative estimate of drug-likeness (QED) is 0.358. The van der Waals surface area contributed by atoms with E-state index in [2.05, 4.69) is 31.3 Å². The molecule has 1 aromatic heterocycles. The number of hydrogen-bond donors (Lipinski definition) is 1. The van der Waals surface area contributed by atoms with E-state index in [1.165, 1.54) is 23.0 Å². The topological polar surface area (TPSA) is 55.4 Å². The number of anilines is 1. The predicted molar refractivity (Wildman–Crippen MR) is 124 cm³/mol. The molecule has 1 heterocycles. The van der Waals surface area contributed by atoms with Crippen LogP contribution in [0.5, 0.6) is 0 Å². The zero-order chi connectivity index (χ0) is 21.5. The van der Waals surface area contributed by atoms with Gasteiger partial charge in [0, 0.05) is 17.0 Å². The minimum Gasteiger partial charge on any atom is -0.462 e. The van der Waals surface area contributed by atoms with Crippen molar-refractivity contribution < 1.29 is 14.3 Å². The molecule has 0 radical (unpaired) electrons. The molecule has 0 unspecified atom stereocenters. The fourth-order valence-corrected chi connectivity index (χ4v) is 3.96. The van der Waals surface area contributed by atoms with Gasteiger partial charge in [0.1, 0.15) is 10.6 Å². The molecule has 154 valence electrons. The normalized spacial score (nSPS) is 11.1. The second-order valence-electron chi connectivity index (χ2n) is 7.08. The summed E-state index contributed by atoms with van der Waals surface area (Å²) in [5, 5.41) is 5.18. The van der Waals surface area contributed by atoms with E-state index in [4.69, 9.17) is 4.74 Å². The lowest BCUT2D eigenvalue weighted by Crippen LogP contribution is -2.12. The Morgan fingerprint density at radius 2 is 1.77 bits per heavy atom. The van der Waals surface area contributed by atoms with Crippen molar-refractivity contribution in [1.82, 2.24) is 0 Å². The summed E-state index contributed by atoms with van der Waals surface area (Å²) in [5.74, 6) is -0.277. The van der Waals surface area contributed by atoms with E-state index < -0.39 is 5.97 Å². The molecule has 5 heteroatoms. The summed E-state index contributed by atoms with van der Waals surface area (Å²) in [4.78, 5) is 25.1. The average molecular weight is 420 g/mol. The zero-order valence-corrected chi connectivity index (χ0v) is 18.2. The fraction of sp³-hybridized carbons (Fsp3) is 0.200. The van der Waals surface area contributed by atoms with Crippen LogP contribution in [0.25, 0.3) is 17.2 Å². The van der Waals surface area contributed by atoms with Gasteiger partial charge in [0.2, 0.25) is 5.91 Å². The first-order chi connectivity index (χ1) is 14.5. The molecule has 0 fully saturated rings. The summed E-state index contributed by atoms with van der Waals surface area (Å²) >= 11 is 1.31. The number of amides is 1. The second-order valence-corrected chi connectivity index (χ2v) is 7.96. The van der Waals surface area contributed by atoms with E-state index in [1.807, 2.05) is 47.8 Å². The van der Waals surface area contributed by atoms with E-state index in [0.29, 0.717) is 16.5 Å². The van der Waals surface area contributed by atoms with Gasteiger partial charge in [0.25, 0.3) is 0 Å². The lowest BCUT2D eigenvalue weighted by molar-refractivity contribution is -0.111. The van der Waals surface area contributed by atoms with Crippen LogP contribution in [0.4, 0.5) is 5.00 Å².